The van der Waals surface area contributed by atoms with Crippen LogP contribution in [0, 0.1) is 12.8 Å². The zero-order valence-electron chi connectivity index (χ0n) is 13.1. The number of amides is 1. The van der Waals surface area contributed by atoms with Crippen LogP contribution in [-0.4, -0.2) is 45.3 Å². The number of rotatable bonds is 5. The van der Waals surface area contributed by atoms with E-state index in [9.17, 15) is 13.2 Å². The predicted octanol–water partition coefficient (Wildman–Crippen LogP) is 0.696. The molecule has 22 heavy (non-hydrogen) atoms. The standard InChI is InChI=1S/C14H23N3O4S/c1-9-13(22(19,20)17(2)3)7-12(21-9)14(18)16-11-6-4-5-10(11)8-15/h7,10-11H,4-6,8,15H2,1-3H3,(H,16,18). The fourth-order valence-corrected chi connectivity index (χ4v) is 3.83. The average molecular weight is 329 g/mol. The minimum Gasteiger partial charge on any atom is -0.455 e. The number of carbonyl (C=O) groups excluding carboxylic acids is 1. The van der Waals surface area contributed by atoms with E-state index in [1.807, 2.05) is 0 Å². The number of nitrogens with two attached hydrogens (primary N) is 1. The molecule has 124 valence electrons. The van der Waals surface area contributed by atoms with E-state index in [0.717, 1.165) is 23.6 Å². The van der Waals surface area contributed by atoms with Gasteiger partial charge in [-0.15, -0.1) is 0 Å². The third-order valence-electron chi connectivity index (χ3n) is 4.13. The average Bonchev–Trinajstić information content (AvgIpc) is 3.04. The Morgan fingerprint density at radius 3 is 2.73 bits per heavy atom. The molecular formula is C14H23N3O4S. The van der Waals surface area contributed by atoms with Gasteiger partial charge in [0.05, 0.1) is 0 Å². The molecule has 1 fully saturated rings. The fraction of sp³-hybridized carbons (Fsp3) is 0.643. The molecule has 1 saturated carbocycles. The molecule has 8 heteroatoms. The van der Waals surface area contributed by atoms with Crippen molar-refractivity contribution in [2.24, 2.45) is 11.7 Å². The second kappa shape index (κ2) is 6.39. The van der Waals surface area contributed by atoms with Crippen molar-refractivity contribution >= 4 is 15.9 Å². The lowest BCUT2D eigenvalue weighted by Gasteiger charge is -2.18. The highest BCUT2D eigenvalue weighted by Gasteiger charge is 2.30. The highest BCUT2D eigenvalue weighted by Crippen LogP contribution is 2.26. The maximum Gasteiger partial charge on any atom is 0.287 e. The van der Waals surface area contributed by atoms with Gasteiger partial charge in [-0.25, -0.2) is 12.7 Å². The van der Waals surface area contributed by atoms with Crippen LogP contribution in [0.5, 0.6) is 0 Å². The summed E-state index contributed by atoms with van der Waals surface area (Å²) in [6, 6.07) is 1.31. The summed E-state index contributed by atoms with van der Waals surface area (Å²) in [7, 11) is -0.751. The molecule has 2 atom stereocenters. The van der Waals surface area contributed by atoms with Crippen molar-refractivity contribution in [2.45, 2.75) is 37.1 Å². The van der Waals surface area contributed by atoms with Gasteiger partial charge in [0, 0.05) is 26.2 Å². The maximum atomic E-state index is 12.3. The minimum absolute atomic E-state index is 0.0144. The first kappa shape index (κ1) is 17.0. The van der Waals surface area contributed by atoms with Crippen LogP contribution in [0.1, 0.15) is 35.6 Å². The number of aryl methyl sites for hydroxylation is 1. The topological polar surface area (TPSA) is 106 Å². The zero-order valence-corrected chi connectivity index (χ0v) is 13.9. The molecule has 1 amide bonds. The Morgan fingerprint density at radius 1 is 1.45 bits per heavy atom. The van der Waals surface area contributed by atoms with Gasteiger partial charge in [-0.1, -0.05) is 6.42 Å². The smallest absolute Gasteiger partial charge is 0.287 e. The summed E-state index contributed by atoms with van der Waals surface area (Å²) in [5, 5.41) is 2.90. The van der Waals surface area contributed by atoms with Crippen LogP contribution in [0.25, 0.3) is 0 Å². The van der Waals surface area contributed by atoms with E-state index >= 15 is 0 Å². The Kier molecular flexibility index (Phi) is 4.93. The summed E-state index contributed by atoms with van der Waals surface area (Å²) in [6.07, 6.45) is 2.92. The van der Waals surface area contributed by atoms with E-state index < -0.39 is 15.9 Å². The second-order valence-electron chi connectivity index (χ2n) is 5.83. The molecule has 0 radical (unpaired) electrons. The van der Waals surface area contributed by atoms with E-state index in [1.165, 1.54) is 27.1 Å². The Morgan fingerprint density at radius 2 is 2.14 bits per heavy atom. The highest BCUT2D eigenvalue weighted by atomic mass is 32.2. The van der Waals surface area contributed by atoms with E-state index in [1.54, 1.807) is 0 Å². The van der Waals surface area contributed by atoms with Crippen molar-refractivity contribution in [2.75, 3.05) is 20.6 Å². The summed E-state index contributed by atoms with van der Waals surface area (Å²) in [5.74, 6) is 0.0971. The summed E-state index contributed by atoms with van der Waals surface area (Å²) >= 11 is 0. The lowest BCUT2D eigenvalue weighted by Crippen LogP contribution is -2.39. The van der Waals surface area contributed by atoms with Crippen LogP contribution in [0.2, 0.25) is 0 Å². The molecule has 3 N–H and O–H groups in total. The monoisotopic (exact) mass is 329 g/mol. The number of hydrogen-bond acceptors (Lipinski definition) is 5. The van der Waals surface area contributed by atoms with Gasteiger partial charge >= 0.3 is 0 Å². The summed E-state index contributed by atoms with van der Waals surface area (Å²) < 4.78 is 30.7. The molecule has 0 aromatic carbocycles. The molecule has 0 saturated heterocycles. The van der Waals surface area contributed by atoms with Crippen molar-refractivity contribution in [1.29, 1.82) is 0 Å². The normalized spacial score (nSPS) is 22.2. The Labute approximate surface area is 130 Å². The second-order valence-corrected chi connectivity index (χ2v) is 7.95. The van der Waals surface area contributed by atoms with E-state index in [2.05, 4.69) is 5.32 Å². The number of nitrogens with zero attached hydrogens (tertiary/aromatic N) is 1. The molecule has 0 bridgehead atoms. The molecule has 7 nitrogen and oxygen atoms in total. The summed E-state index contributed by atoms with van der Waals surface area (Å²) in [5.41, 5.74) is 5.70. The maximum absolute atomic E-state index is 12.3. The SMILES string of the molecule is Cc1oc(C(=O)NC2CCCC2CN)cc1S(=O)(=O)N(C)C. The fourth-order valence-electron chi connectivity index (χ4n) is 2.78. The van der Waals surface area contributed by atoms with Gasteiger partial charge in [-0.3, -0.25) is 4.79 Å². The molecule has 2 unspecified atom stereocenters. The van der Waals surface area contributed by atoms with Gasteiger partial charge in [-0.05, 0) is 32.2 Å². The molecule has 1 aliphatic carbocycles. The highest BCUT2D eigenvalue weighted by molar-refractivity contribution is 7.89. The number of carbonyl (C=O) groups is 1. The minimum atomic E-state index is -3.62. The van der Waals surface area contributed by atoms with Crippen LogP contribution >= 0.6 is 0 Å². The van der Waals surface area contributed by atoms with Crippen LogP contribution < -0.4 is 11.1 Å². The Bertz CT molecular complexity index is 651. The van der Waals surface area contributed by atoms with Gasteiger partial charge in [0.1, 0.15) is 10.7 Å². The molecule has 1 aliphatic rings. The first-order chi connectivity index (χ1) is 10.3. The molecule has 0 spiro atoms. The van der Waals surface area contributed by atoms with Gasteiger partial charge in [0.2, 0.25) is 10.0 Å². The van der Waals surface area contributed by atoms with Crippen molar-refractivity contribution < 1.29 is 17.6 Å². The summed E-state index contributed by atoms with van der Waals surface area (Å²) in [4.78, 5) is 12.3. The Balaban J connectivity index is 2.18. The first-order valence-corrected chi connectivity index (χ1v) is 8.75. The molecule has 1 aromatic heterocycles. The van der Waals surface area contributed by atoms with Gasteiger partial charge in [0.25, 0.3) is 5.91 Å². The molecule has 2 rings (SSSR count). The summed E-state index contributed by atoms with van der Waals surface area (Å²) in [6.45, 7) is 2.06. The van der Waals surface area contributed by atoms with Crippen molar-refractivity contribution in [1.82, 2.24) is 9.62 Å². The van der Waals surface area contributed by atoms with Crippen molar-refractivity contribution in [3.63, 3.8) is 0 Å². The Hall–Kier alpha value is -1.38. The van der Waals surface area contributed by atoms with Crippen molar-refractivity contribution in [3.8, 4) is 0 Å². The van der Waals surface area contributed by atoms with E-state index in [4.69, 9.17) is 10.2 Å². The third kappa shape index (κ3) is 3.18. The first-order valence-electron chi connectivity index (χ1n) is 7.31. The zero-order chi connectivity index (χ0) is 16.5. The number of sulfonamides is 1. The number of furan rings is 1. The molecule has 1 heterocycles. The molecule has 1 aromatic rings. The van der Waals surface area contributed by atoms with Gasteiger partial charge < -0.3 is 15.5 Å². The predicted molar refractivity (Wildman–Crippen MR) is 82.0 cm³/mol. The van der Waals surface area contributed by atoms with Gasteiger partial charge in [-0.2, -0.15) is 0 Å². The quantitative estimate of drug-likeness (QED) is 0.827. The van der Waals surface area contributed by atoms with Crippen LogP contribution in [0.3, 0.4) is 0 Å². The molecular weight excluding hydrogens is 306 g/mol. The van der Waals surface area contributed by atoms with Crippen LogP contribution in [0.4, 0.5) is 0 Å². The third-order valence-corrected chi connectivity index (χ3v) is 6.06. The number of hydrogen-bond donors (Lipinski definition) is 2. The van der Waals surface area contributed by atoms with E-state index in [0.29, 0.717) is 6.54 Å². The van der Waals surface area contributed by atoms with Crippen molar-refractivity contribution in [3.05, 3.63) is 17.6 Å². The van der Waals surface area contributed by atoms with E-state index in [-0.39, 0.29) is 28.4 Å². The lowest BCUT2D eigenvalue weighted by molar-refractivity contribution is 0.0899. The number of nitrogens with one attached hydrogen (secondary N) is 1. The lowest BCUT2D eigenvalue weighted by atomic mass is 10.0. The van der Waals surface area contributed by atoms with Crippen LogP contribution in [-0.2, 0) is 10.0 Å². The van der Waals surface area contributed by atoms with Gasteiger partial charge in [0.15, 0.2) is 5.76 Å². The van der Waals surface area contributed by atoms with Crippen LogP contribution in [0.15, 0.2) is 15.4 Å². The largest absolute Gasteiger partial charge is 0.455 e. The molecule has 0 aliphatic heterocycles.